The molecule has 106 valence electrons. The van der Waals surface area contributed by atoms with Crippen LogP contribution >= 0.6 is 0 Å². The number of hydrogen-bond donors (Lipinski definition) is 2. The number of aromatic amines is 1. The molecule has 2 aromatic rings. The van der Waals surface area contributed by atoms with Crippen LogP contribution in [0.25, 0.3) is 11.0 Å². The third kappa shape index (κ3) is 2.13. The zero-order valence-electron chi connectivity index (χ0n) is 11.5. The number of aromatic carboxylic acids is 1. The Kier molecular flexibility index (Phi) is 2.92. The van der Waals surface area contributed by atoms with E-state index in [0.717, 1.165) is 18.4 Å². The monoisotopic (exact) mass is 274 g/mol. The van der Waals surface area contributed by atoms with E-state index in [9.17, 15) is 9.59 Å². The van der Waals surface area contributed by atoms with Gasteiger partial charge in [0, 0.05) is 6.54 Å². The van der Waals surface area contributed by atoms with Crippen LogP contribution in [0, 0.1) is 5.41 Å². The molecule has 3 rings (SSSR count). The minimum absolute atomic E-state index is 0.157. The van der Waals surface area contributed by atoms with Gasteiger partial charge in [0.05, 0.1) is 16.6 Å². The van der Waals surface area contributed by atoms with E-state index in [4.69, 9.17) is 5.11 Å². The molecular weight excluding hydrogens is 256 g/mol. The Morgan fingerprint density at radius 1 is 1.40 bits per heavy atom. The molecule has 0 atom stereocenters. The zero-order chi connectivity index (χ0) is 14.3. The van der Waals surface area contributed by atoms with Crippen molar-refractivity contribution < 1.29 is 9.90 Å². The highest BCUT2D eigenvalue weighted by Gasteiger charge is 2.30. The topological polar surface area (TPSA) is 75.1 Å². The Morgan fingerprint density at radius 2 is 2.10 bits per heavy atom. The van der Waals surface area contributed by atoms with Crippen LogP contribution in [0.3, 0.4) is 0 Å². The van der Waals surface area contributed by atoms with Crippen LogP contribution < -0.4 is 5.69 Å². The van der Waals surface area contributed by atoms with Crippen LogP contribution in [0.4, 0.5) is 0 Å². The first-order chi connectivity index (χ1) is 9.48. The van der Waals surface area contributed by atoms with Gasteiger partial charge in [0.1, 0.15) is 0 Å². The molecule has 0 bridgehead atoms. The Labute approximate surface area is 116 Å². The fourth-order valence-electron chi connectivity index (χ4n) is 3.22. The molecule has 2 N–H and O–H groups in total. The number of imidazole rings is 1. The Bertz CT molecular complexity index is 720. The summed E-state index contributed by atoms with van der Waals surface area (Å²) in [7, 11) is 0. The second kappa shape index (κ2) is 4.51. The molecule has 1 heterocycles. The second-order valence-electron chi connectivity index (χ2n) is 6.07. The third-order valence-electron chi connectivity index (χ3n) is 4.37. The van der Waals surface area contributed by atoms with Gasteiger partial charge in [-0.15, -0.1) is 0 Å². The quantitative estimate of drug-likeness (QED) is 0.903. The molecule has 0 spiro atoms. The van der Waals surface area contributed by atoms with Crippen molar-refractivity contribution in [2.45, 2.75) is 39.2 Å². The molecule has 0 saturated heterocycles. The SMILES string of the molecule is CC1(Cn2c(=O)[nH]c3cc(C(=O)O)ccc32)CCCC1. The average Bonchev–Trinajstić information content (AvgIpc) is 2.95. The lowest BCUT2D eigenvalue weighted by atomic mass is 9.89. The molecular formula is C15H18N2O3. The van der Waals surface area contributed by atoms with Crippen LogP contribution in [0.15, 0.2) is 23.0 Å². The maximum absolute atomic E-state index is 12.1. The van der Waals surface area contributed by atoms with Crippen molar-refractivity contribution in [2.24, 2.45) is 5.41 Å². The first kappa shape index (κ1) is 13.0. The van der Waals surface area contributed by atoms with Crippen LogP contribution in [0.1, 0.15) is 43.0 Å². The van der Waals surface area contributed by atoms with E-state index in [1.54, 1.807) is 16.7 Å². The maximum atomic E-state index is 12.1. The number of nitrogens with one attached hydrogen (secondary N) is 1. The van der Waals surface area contributed by atoms with Crippen LogP contribution in [-0.4, -0.2) is 20.6 Å². The molecule has 0 unspecified atom stereocenters. The van der Waals surface area contributed by atoms with Crippen molar-refractivity contribution in [3.8, 4) is 0 Å². The standard InChI is InChI=1S/C15H18N2O3/c1-15(6-2-3-7-15)9-17-12-5-4-10(13(18)19)8-11(12)16-14(17)20/h4-5,8H,2-3,6-7,9H2,1H3,(H,16,20)(H,18,19). The number of hydrogen-bond acceptors (Lipinski definition) is 2. The zero-order valence-corrected chi connectivity index (χ0v) is 11.5. The first-order valence-corrected chi connectivity index (χ1v) is 6.94. The number of fused-ring (bicyclic) bond motifs is 1. The van der Waals surface area contributed by atoms with Crippen molar-refractivity contribution in [2.75, 3.05) is 0 Å². The summed E-state index contributed by atoms with van der Waals surface area (Å²) in [4.78, 5) is 25.8. The van der Waals surface area contributed by atoms with Gasteiger partial charge in [-0.2, -0.15) is 0 Å². The van der Waals surface area contributed by atoms with E-state index in [-0.39, 0.29) is 16.7 Å². The Morgan fingerprint density at radius 3 is 2.75 bits per heavy atom. The van der Waals surface area contributed by atoms with Gasteiger partial charge in [0.25, 0.3) is 0 Å². The summed E-state index contributed by atoms with van der Waals surface area (Å²) in [5.74, 6) is -0.983. The highest BCUT2D eigenvalue weighted by atomic mass is 16.4. The number of carbonyl (C=O) groups is 1. The molecule has 20 heavy (non-hydrogen) atoms. The van der Waals surface area contributed by atoms with E-state index >= 15 is 0 Å². The maximum Gasteiger partial charge on any atom is 0.335 e. The summed E-state index contributed by atoms with van der Waals surface area (Å²) in [6, 6.07) is 4.78. The predicted molar refractivity (Wildman–Crippen MR) is 76.1 cm³/mol. The molecule has 0 aliphatic heterocycles. The molecule has 1 fully saturated rings. The van der Waals surface area contributed by atoms with Crippen LogP contribution in [0.5, 0.6) is 0 Å². The number of H-pyrrole nitrogens is 1. The first-order valence-electron chi connectivity index (χ1n) is 6.94. The largest absolute Gasteiger partial charge is 0.478 e. The summed E-state index contributed by atoms with van der Waals surface area (Å²) >= 11 is 0. The molecule has 1 aliphatic carbocycles. The number of carboxylic acids is 1. The summed E-state index contributed by atoms with van der Waals surface area (Å²) in [5.41, 5.74) is 1.59. The number of aromatic nitrogens is 2. The molecule has 5 nitrogen and oxygen atoms in total. The van der Waals surface area contributed by atoms with Gasteiger partial charge < -0.3 is 10.1 Å². The third-order valence-corrected chi connectivity index (χ3v) is 4.37. The second-order valence-corrected chi connectivity index (χ2v) is 6.07. The molecule has 5 heteroatoms. The van der Waals surface area contributed by atoms with E-state index in [1.807, 2.05) is 0 Å². The Hall–Kier alpha value is -2.04. The van der Waals surface area contributed by atoms with Gasteiger partial charge >= 0.3 is 11.7 Å². The normalized spacial score (nSPS) is 17.6. The smallest absolute Gasteiger partial charge is 0.335 e. The molecule has 1 aromatic carbocycles. The van der Waals surface area contributed by atoms with Gasteiger partial charge in [-0.1, -0.05) is 19.8 Å². The molecule has 1 aliphatic rings. The number of benzene rings is 1. The van der Waals surface area contributed by atoms with Gasteiger partial charge in [0.15, 0.2) is 0 Å². The van der Waals surface area contributed by atoms with Crippen molar-refractivity contribution in [3.05, 3.63) is 34.2 Å². The van der Waals surface area contributed by atoms with Gasteiger partial charge in [-0.25, -0.2) is 9.59 Å². The summed E-state index contributed by atoms with van der Waals surface area (Å²) < 4.78 is 1.74. The van der Waals surface area contributed by atoms with Gasteiger partial charge in [-0.3, -0.25) is 4.57 Å². The fraction of sp³-hybridized carbons (Fsp3) is 0.467. The highest BCUT2D eigenvalue weighted by molar-refractivity contribution is 5.92. The number of rotatable bonds is 3. The lowest BCUT2D eigenvalue weighted by Gasteiger charge is -2.23. The van der Waals surface area contributed by atoms with Crippen molar-refractivity contribution >= 4 is 17.0 Å². The minimum atomic E-state index is -0.983. The summed E-state index contributed by atoms with van der Waals surface area (Å²) in [5, 5.41) is 8.99. The molecule has 1 aromatic heterocycles. The van der Waals surface area contributed by atoms with E-state index in [2.05, 4.69) is 11.9 Å². The van der Waals surface area contributed by atoms with Gasteiger partial charge in [-0.05, 0) is 36.5 Å². The minimum Gasteiger partial charge on any atom is -0.478 e. The van der Waals surface area contributed by atoms with E-state index in [1.165, 1.54) is 18.9 Å². The van der Waals surface area contributed by atoms with Crippen molar-refractivity contribution in [1.82, 2.24) is 9.55 Å². The lowest BCUT2D eigenvalue weighted by Crippen LogP contribution is -2.26. The van der Waals surface area contributed by atoms with E-state index < -0.39 is 5.97 Å². The molecule has 0 radical (unpaired) electrons. The predicted octanol–water partition coefficient (Wildman–Crippen LogP) is 2.61. The molecule has 1 saturated carbocycles. The summed E-state index contributed by atoms with van der Waals surface area (Å²) in [6.45, 7) is 2.91. The van der Waals surface area contributed by atoms with Crippen molar-refractivity contribution in [1.29, 1.82) is 0 Å². The molecule has 0 amide bonds. The Balaban J connectivity index is 2.05. The van der Waals surface area contributed by atoms with Crippen LogP contribution in [0.2, 0.25) is 0 Å². The fourth-order valence-corrected chi connectivity index (χ4v) is 3.22. The van der Waals surface area contributed by atoms with Crippen LogP contribution in [-0.2, 0) is 6.54 Å². The highest BCUT2D eigenvalue weighted by Crippen LogP contribution is 2.39. The van der Waals surface area contributed by atoms with Crippen molar-refractivity contribution in [3.63, 3.8) is 0 Å². The average molecular weight is 274 g/mol. The lowest BCUT2D eigenvalue weighted by molar-refractivity contribution is 0.0697. The summed E-state index contributed by atoms with van der Waals surface area (Å²) in [6.07, 6.45) is 4.71. The van der Waals surface area contributed by atoms with E-state index in [0.29, 0.717) is 12.1 Å². The van der Waals surface area contributed by atoms with Gasteiger partial charge in [0.2, 0.25) is 0 Å². The number of nitrogens with zero attached hydrogens (tertiary/aromatic N) is 1. The number of carboxylic acid groups (broad SMARTS) is 1.